The lowest BCUT2D eigenvalue weighted by molar-refractivity contribution is -0.132. The zero-order valence-corrected chi connectivity index (χ0v) is 16.2. The van der Waals surface area contributed by atoms with E-state index in [1.807, 2.05) is 61.5 Å². The van der Waals surface area contributed by atoms with Crippen molar-refractivity contribution >= 4 is 40.5 Å². The number of primary amides is 1. The highest BCUT2D eigenvalue weighted by Gasteiger charge is 2.27. The number of rotatable bonds is 5. The Hall–Kier alpha value is -3.12. The molecule has 0 fully saturated rings. The van der Waals surface area contributed by atoms with Gasteiger partial charge in [0, 0.05) is 6.42 Å². The molecule has 28 heavy (non-hydrogen) atoms. The number of hydrogen-bond donors (Lipinski definition) is 2. The van der Waals surface area contributed by atoms with Crippen LogP contribution in [0.2, 0.25) is 0 Å². The summed E-state index contributed by atoms with van der Waals surface area (Å²) in [5, 5.41) is 2.19. The molecular formula is C22H25BN2O3. The minimum absolute atomic E-state index is 0.132. The summed E-state index contributed by atoms with van der Waals surface area (Å²) in [4.78, 5) is 21.4. The van der Waals surface area contributed by atoms with Gasteiger partial charge in [-0.15, -0.1) is 0 Å². The molecule has 144 valence electrons. The first kappa shape index (κ1) is 21.2. The summed E-state index contributed by atoms with van der Waals surface area (Å²) in [6.07, 6.45) is 0.444. The predicted molar refractivity (Wildman–Crippen MR) is 115 cm³/mol. The largest absolute Gasteiger partial charge is 0.525 e. The molecule has 0 aromatic heterocycles. The first-order chi connectivity index (χ1) is 13.5. The van der Waals surface area contributed by atoms with Crippen LogP contribution in [0.15, 0.2) is 66.7 Å². The second-order valence-corrected chi connectivity index (χ2v) is 6.37. The van der Waals surface area contributed by atoms with Crippen molar-refractivity contribution in [2.45, 2.75) is 20.3 Å². The molecule has 1 amide bonds. The molecule has 0 heterocycles. The molecule has 0 radical (unpaired) electrons. The van der Waals surface area contributed by atoms with Crippen molar-refractivity contribution < 1.29 is 14.2 Å². The van der Waals surface area contributed by atoms with E-state index in [9.17, 15) is 9.59 Å². The molecule has 3 aromatic rings. The van der Waals surface area contributed by atoms with Gasteiger partial charge in [0.25, 0.3) is 0 Å². The van der Waals surface area contributed by atoms with Gasteiger partial charge in [0.05, 0.1) is 6.54 Å². The summed E-state index contributed by atoms with van der Waals surface area (Å²) in [5.41, 5.74) is 13.2. The standard InChI is InChI=1S/C19H18BNO2.C3H7NO/c1-14-9-11-16(12-10-14)20(23-19(22)13-21)18-8-4-6-15-5-2-3-7-17(15)18;1-2-3(4)5/h2-12H,13,21H2,1H3;2H2,1H3,(H2,4,5). The Bertz CT molecular complexity index is 937. The molecule has 3 aromatic carbocycles. The van der Waals surface area contributed by atoms with Crippen molar-refractivity contribution in [3.63, 3.8) is 0 Å². The van der Waals surface area contributed by atoms with E-state index in [0.29, 0.717) is 6.42 Å². The van der Waals surface area contributed by atoms with Gasteiger partial charge in [-0.2, -0.15) is 0 Å². The maximum absolute atomic E-state index is 11.8. The van der Waals surface area contributed by atoms with Crippen LogP contribution in [0.25, 0.3) is 10.8 Å². The summed E-state index contributed by atoms with van der Waals surface area (Å²) >= 11 is 0. The predicted octanol–water partition coefficient (Wildman–Crippen LogP) is 1.64. The van der Waals surface area contributed by atoms with E-state index in [1.165, 1.54) is 0 Å². The molecule has 5 nitrogen and oxygen atoms in total. The average Bonchev–Trinajstić information content (AvgIpc) is 2.72. The van der Waals surface area contributed by atoms with Gasteiger partial charge in [-0.05, 0) is 28.6 Å². The quantitative estimate of drug-likeness (QED) is 0.662. The number of carbonyl (C=O) groups excluding carboxylic acids is 2. The fourth-order valence-corrected chi connectivity index (χ4v) is 2.71. The number of nitrogens with two attached hydrogens (primary N) is 2. The first-order valence-corrected chi connectivity index (χ1v) is 9.18. The highest BCUT2D eigenvalue weighted by molar-refractivity contribution is 6.83. The molecule has 0 spiro atoms. The molecule has 0 saturated heterocycles. The van der Waals surface area contributed by atoms with Gasteiger partial charge in [0.15, 0.2) is 0 Å². The number of aryl methyl sites for hydroxylation is 1. The van der Waals surface area contributed by atoms with Gasteiger partial charge in [-0.1, -0.05) is 79.2 Å². The molecule has 6 heteroatoms. The topological polar surface area (TPSA) is 95.4 Å². The molecule has 0 atom stereocenters. The van der Waals surface area contributed by atoms with Crippen LogP contribution >= 0.6 is 0 Å². The summed E-state index contributed by atoms with van der Waals surface area (Å²) in [7, 11) is 0. The molecule has 0 unspecified atom stereocenters. The normalized spacial score (nSPS) is 9.96. The lowest BCUT2D eigenvalue weighted by atomic mass is 9.54. The van der Waals surface area contributed by atoms with Gasteiger partial charge in [-0.3, -0.25) is 9.59 Å². The third-order valence-electron chi connectivity index (χ3n) is 4.25. The molecule has 0 aliphatic heterocycles. The van der Waals surface area contributed by atoms with Crippen molar-refractivity contribution in [1.29, 1.82) is 0 Å². The van der Waals surface area contributed by atoms with E-state index < -0.39 is 12.9 Å². The molecule has 0 aliphatic carbocycles. The maximum Gasteiger partial charge on any atom is 0.430 e. The summed E-state index contributed by atoms with van der Waals surface area (Å²) in [6, 6.07) is 22.1. The Morgan fingerprint density at radius 1 is 0.964 bits per heavy atom. The lowest BCUT2D eigenvalue weighted by Gasteiger charge is -2.17. The molecule has 0 bridgehead atoms. The molecule has 0 saturated carbocycles. The van der Waals surface area contributed by atoms with Crippen LogP contribution in [-0.4, -0.2) is 25.3 Å². The summed E-state index contributed by atoms with van der Waals surface area (Å²) in [5.74, 6) is -0.659. The van der Waals surface area contributed by atoms with E-state index in [1.54, 1.807) is 6.92 Å². The van der Waals surface area contributed by atoms with Gasteiger partial charge in [0.2, 0.25) is 5.91 Å². The van der Waals surface area contributed by atoms with E-state index in [0.717, 1.165) is 27.3 Å². The second-order valence-electron chi connectivity index (χ2n) is 6.37. The maximum atomic E-state index is 11.8. The molecule has 3 rings (SSSR count). The Morgan fingerprint density at radius 2 is 1.57 bits per heavy atom. The minimum atomic E-state index is -0.460. The third-order valence-corrected chi connectivity index (χ3v) is 4.25. The number of benzene rings is 3. The minimum Gasteiger partial charge on any atom is -0.525 e. The number of fused-ring (bicyclic) bond motifs is 1. The smallest absolute Gasteiger partial charge is 0.430 e. The third kappa shape index (κ3) is 5.69. The first-order valence-electron chi connectivity index (χ1n) is 9.18. The Labute approximate surface area is 165 Å². The number of hydrogen-bond acceptors (Lipinski definition) is 4. The monoisotopic (exact) mass is 376 g/mol. The van der Waals surface area contributed by atoms with Crippen LogP contribution in [-0.2, 0) is 14.2 Å². The zero-order valence-electron chi connectivity index (χ0n) is 16.2. The fraction of sp³-hybridized carbons (Fsp3) is 0.182. The fourth-order valence-electron chi connectivity index (χ4n) is 2.71. The van der Waals surface area contributed by atoms with E-state index in [-0.39, 0.29) is 12.5 Å². The van der Waals surface area contributed by atoms with Gasteiger partial charge < -0.3 is 16.1 Å². The Morgan fingerprint density at radius 3 is 2.18 bits per heavy atom. The van der Waals surface area contributed by atoms with Crippen LogP contribution in [0, 0.1) is 6.92 Å². The van der Waals surface area contributed by atoms with E-state index in [4.69, 9.17) is 10.4 Å². The van der Waals surface area contributed by atoms with Crippen LogP contribution in [0.3, 0.4) is 0 Å². The van der Waals surface area contributed by atoms with Crippen LogP contribution < -0.4 is 22.4 Å². The highest BCUT2D eigenvalue weighted by atomic mass is 16.5. The van der Waals surface area contributed by atoms with Crippen molar-refractivity contribution in [2.75, 3.05) is 6.54 Å². The van der Waals surface area contributed by atoms with Crippen molar-refractivity contribution in [3.05, 3.63) is 72.3 Å². The molecule has 0 aliphatic rings. The second kappa shape index (κ2) is 10.3. The summed E-state index contributed by atoms with van der Waals surface area (Å²) in [6.45, 7) is 3.16. The lowest BCUT2D eigenvalue weighted by Crippen LogP contribution is -2.47. The number of carbonyl (C=O) groups is 2. The summed E-state index contributed by atoms with van der Waals surface area (Å²) < 4.78 is 5.66. The zero-order chi connectivity index (χ0) is 20.5. The SMILES string of the molecule is CCC(N)=O.Cc1ccc(B(OC(=O)CN)c2cccc3ccccc23)cc1. The van der Waals surface area contributed by atoms with Crippen LogP contribution in [0.1, 0.15) is 18.9 Å². The highest BCUT2D eigenvalue weighted by Crippen LogP contribution is 2.12. The van der Waals surface area contributed by atoms with Crippen molar-refractivity contribution in [2.24, 2.45) is 11.5 Å². The Balaban J connectivity index is 0.000000500. The van der Waals surface area contributed by atoms with Crippen LogP contribution in [0.4, 0.5) is 0 Å². The van der Waals surface area contributed by atoms with Crippen molar-refractivity contribution in [1.82, 2.24) is 0 Å². The van der Waals surface area contributed by atoms with Crippen LogP contribution in [0.5, 0.6) is 0 Å². The van der Waals surface area contributed by atoms with Crippen molar-refractivity contribution in [3.8, 4) is 0 Å². The molecule has 4 N–H and O–H groups in total. The average molecular weight is 376 g/mol. The molecular weight excluding hydrogens is 351 g/mol. The van der Waals surface area contributed by atoms with Gasteiger partial charge >= 0.3 is 12.9 Å². The number of amides is 1. The Kier molecular flexibility index (Phi) is 7.78. The van der Waals surface area contributed by atoms with Gasteiger partial charge in [0.1, 0.15) is 0 Å². The van der Waals surface area contributed by atoms with E-state index in [2.05, 4.69) is 17.9 Å². The van der Waals surface area contributed by atoms with E-state index >= 15 is 0 Å². The van der Waals surface area contributed by atoms with Gasteiger partial charge in [-0.25, -0.2) is 0 Å².